The zero-order valence-corrected chi connectivity index (χ0v) is 18.7. The summed E-state index contributed by atoms with van der Waals surface area (Å²) in [6.07, 6.45) is 1.74. The molecule has 5 nitrogen and oxygen atoms in total. The molecule has 0 aromatic heterocycles. The summed E-state index contributed by atoms with van der Waals surface area (Å²) in [6, 6.07) is 18.5. The van der Waals surface area contributed by atoms with Crippen LogP contribution in [0.15, 0.2) is 72.8 Å². The third-order valence-electron chi connectivity index (χ3n) is 6.33. The van der Waals surface area contributed by atoms with Gasteiger partial charge in [-0.3, -0.25) is 9.59 Å². The number of carboxylic acid groups (broad SMARTS) is 1. The van der Waals surface area contributed by atoms with Crippen molar-refractivity contribution >= 4 is 52.1 Å². The van der Waals surface area contributed by atoms with Crippen LogP contribution < -0.4 is 5.32 Å². The van der Waals surface area contributed by atoms with Gasteiger partial charge in [0.25, 0.3) is 0 Å². The van der Waals surface area contributed by atoms with Crippen molar-refractivity contribution in [2.75, 3.05) is 5.32 Å². The number of fused-ring (bicyclic) bond motifs is 2. The van der Waals surface area contributed by atoms with Crippen molar-refractivity contribution in [2.45, 2.75) is 17.8 Å². The zero-order chi connectivity index (χ0) is 23.3. The fraction of sp³-hybridized carbons (Fsp3) is 0.115. The van der Waals surface area contributed by atoms with Crippen LogP contribution in [-0.2, 0) is 15.0 Å². The van der Waals surface area contributed by atoms with E-state index in [1.807, 2.05) is 6.07 Å². The minimum atomic E-state index is -1.19. The molecular weight excluding hydrogens is 461 g/mol. The lowest BCUT2D eigenvalue weighted by Crippen LogP contribution is -2.43. The largest absolute Gasteiger partial charge is 0.478 e. The molecule has 164 valence electrons. The first-order valence-electron chi connectivity index (χ1n) is 10.3. The molecule has 1 aliphatic carbocycles. The van der Waals surface area contributed by atoms with Crippen LogP contribution in [0.1, 0.15) is 39.4 Å². The number of carboxylic acids is 1. The van der Waals surface area contributed by atoms with Crippen molar-refractivity contribution in [3.63, 3.8) is 0 Å². The maximum absolute atomic E-state index is 13.6. The molecule has 0 fully saturated rings. The molecule has 3 aromatic rings. The van der Waals surface area contributed by atoms with Gasteiger partial charge in [-0.15, -0.1) is 0 Å². The fourth-order valence-electron chi connectivity index (χ4n) is 4.85. The number of hydrogen-bond acceptors (Lipinski definition) is 3. The number of anilines is 1. The molecule has 2 atom stereocenters. The number of hydrogen-bond donors (Lipinski definition) is 2. The van der Waals surface area contributed by atoms with E-state index >= 15 is 0 Å². The predicted octanol–water partition coefficient (Wildman–Crippen LogP) is 5.72. The second-order valence-electron chi connectivity index (χ2n) is 8.19. The van der Waals surface area contributed by atoms with E-state index in [1.54, 1.807) is 54.6 Å². The Morgan fingerprint density at radius 3 is 2.48 bits per heavy atom. The Labute approximate surface area is 199 Å². The maximum atomic E-state index is 13.6. The van der Waals surface area contributed by atoms with Crippen molar-refractivity contribution in [1.29, 1.82) is 0 Å². The lowest BCUT2D eigenvalue weighted by molar-refractivity contribution is -0.121. The number of allylic oxidation sites excluding steroid dienone is 1. The summed E-state index contributed by atoms with van der Waals surface area (Å²) < 4.78 is 0. The number of carbonyl (C=O) groups is 3. The van der Waals surface area contributed by atoms with Gasteiger partial charge in [0, 0.05) is 33.6 Å². The van der Waals surface area contributed by atoms with Gasteiger partial charge in [0.2, 0.25) is 5.91 Å². The fourth-order valence-corrected chi connectivity index (χ4v) is 5.22. The third kappa shape index (κ3) is 3.45. The van der Waals surface area contributed by atoms with Crippen molar-refractivity contribution in [1.82, 2.24) is 0 Å². The van der Waals surface area contributed by atoms with Gasteiger partial charge >= 0.3 is 5.97 Å². The minimum Gasteiger partial charge on any atom is -0.478 e. The molecule has 2 aliphatic rings. The van der Waals surface area contributed by atoms with Crippen molar-refractivity contribution < 1.29 is 19.5 Å². The summed E-state index contributed by atoms with van der Waals surface area (Å²) >= 11 is 12.4. The zero-order valence-electron chi connectivity index (χ0n) is 17.1. The van der Waals surface area contributed by atoms with Crippen LogP contribution in [0, 0.1) is 0 Å². The number of carbonyl (C=O) groups excluding carboxylic acids is 2. The van der Waals surface area contributed by atoms with E-state index in [4.69, 9.17) is 23.2 Å². The van der Waals surface area contributed by atoms with E-state index in [0.29, 0.717) is 32.4 Å². The Morgan fingerprint density at radius 1 is 0.970 bits per heavy atom. The number of halogens is 2. The molecule has 7 heteroatoms. The molecule has 3 aromatic carbocycles. The summed E-state index contributed by atoms with van der Waals surface area (Å²) in [4.78, 5) is 38.5. The highest BCUT2D eigenvalue weighted by Gasteiger charge is 2.54. The smallest absolute Gasteiger partial charge is 0.335 e. The Hall–Kier alpha value is -3.41. The number of nitrogens with one attached hydrogen (secondary N) is 1. The van der Waals surface area contributed by atoms with E-state index in [0.717, 1.165) is 5.56 Å². The highest BCUT2D eigenvalue weighted by Crippen LogP contribution is 2.54. The normalized spacial score (nSPS) is 21.5. The lowest BCUT2D eigenvalue weighted by Gasteiger charge is -2.38. The average molecular weight is 478 g/mol. The predicted molar refractivity (Wildman–Crippen MR) is 127 cm³/mol. The van der Waals surface area contributed by atoms with Gasteiger partial charge in [0.15, 0.2) is 5.78 Å². The van der Waals surface area contributed by atoms with E-state index in [9.17, 15) is 19.5 Å². The molecule has 0 bridgehead atoms. The van der Waals surface area contributed by atoms with Crippen molar-refractivity contribution in [3.05, 3.63) is 105 Å². The Morgan fingerprint density at radius 2 is 1.73 bits per heavy atom. The second-order valence-corrected chi connectivity index (χ2v) is 9.06. The molecule has 1 heterocycles. The summed E-state index contributed by atoms with van der Waals surface area (Å²) in [6.45, 7) is 0. The third-order valence-corrected chi connectivity index (χ3v) is 6.80. The highest BCUT2D eigenvalue weighted by molar-refractivity contribution is 6.31. The number of rotatable bonds is 3. The van der Waals surface area contributed by atoms with E-state index in [2.05, 4.69) is 5.32 Å². The molecule has 0 unspecified atom stereocenters. The molecule has 0 radical (unpaired) electrons. The van der Waals surface area contributed by atoms with Gasteiger partial charge in [0.05, 0.1) is 5.56 Å². The van der Waals surface area contributed by atoms with Gasteiger partial charge in [-0.25, -0.2) is 4.79 Å². The van der Waals surface area contributed by atoms with Gasteiger partial charge in [-0.1, -0.05) is 59.6 Å². The highest BCUT2D eigenvalue weighted by atomic mass is 35.5. The Balaban J connectivity index is 1.78. The van der Waals surface area contributed by atoms with Gasteiger partial charge < -0.3 is 10.4 Å². The summed E-state index contributed by atoms with van der Waals surface area (Å²) in [5, 5.41) is 13.3. The number of ketones is 1. The average Bonchev–Trinajstić information content (AvgIpc) is 3.05. The van der Waals surface area contributed by atoms with Crippen LogP contribution in [0.3, 0.4) is 0 Å². The van der Waals surface area contributed by atoms with E-state index < -0.39 is 17.3 Å². The Kier molecular flexibility index (Phi) is 5.11. The molecule has 2 N–H and O–H groups in total. The summed E-state index contributed by atoms with van der Waals surface area (Å²) in [5.41, 5.74) is 1.71. The van der Waals surface area contributed by atoms with Gasteiger partial charge in [0.1, 0.15) is 5.41 Å². The molecule has 1 spiro atoms. The van der Waals surface area contributed by atoms with Crippen LogP contribution in [0.4, 0.5) is 5.69 Å². The number of Topliss-reactive ketones (excluding diaryl/α,β-unsaturated/α-hetero) is 1. The standard InChI is InChI=1S/C26H17Cl2NO4/c27-17-6-2-4-15(10-17)21-12-23(30)19(14-3-1-5-16(9-14)24(31)32)13-26(21)20-8-7-18(28)11-22(20)29-25(26)33/h1-11,13,21H,12H2,(H,29,33)(H,31,32)/t21-,26-/m0/s1. The maximum Gasteiger partial charge on any atom is 0.335 e. The summed E-state index contributed by atoms with van der Waals surface area (Å²) in [5.74, 6) is -2.05. The molecule has 1 amide bonds. The lowest BCUT2D eigenvalue weighted by atomic mass is 9.61. The van der Waals surface area contributed by atoms with Crippen LogP contribution in [0.2, 0.25) is 10.0 Å². The van der Waals surface area contributed by atoms with Crippen LogP contribution in [0.5, 0.6) is 0 Å². The minimum absolute atomic E-state index is 0.0545. The van der Waals surface area contributed by atoms with Crippen molar-refractivity contribution in [2.24, 2.45) is 0 Å². The summed E-state index contributed by atoms with van der Waals surface area (Å²) in [7, 11) is 0. The first-order chi connectivity index (χ1) is 15.8. The number of aromatic carboxylic acids is 1. The monoisotopic (exact) mass is 477 g/mol. The molecular formula is C26H17Cl2NO4. The Bertz CT molecular complexity index is 1380. The van der Waals surface area contributed by atoms with Crippen molar-refractivity contribution in [3.8, 4) is 0 Å². The van der Waals surface area contributed by atoms with Crippen LogP contribution >= 0.6 is 23.2 Å². The second kappa shape index (κ2) is 7.87. The number of amides is 1. The van der Waals surface area contributed by atoms with Gasteiger partial charge in [-0.2, -0.15) is 0 Å². The molecule has 0 saturated heterocycles. The SMILES string of the molecule is O=C1C[C@@H](c2cccc(Cl)c2)[C@@]2(C=C1c1cccc(C(=O)O)c1)C(=O)Nc1cc(Cl)ccc12. The van der Waals surface area contributed by atoms with E-state index in [-0.39, 0.29) is 23.7 Å². The van der Waals surface area contributed by atoms with E-state index in [1.165, 1.54) is 12.1 Å². The first-order valence-corrected chi connectivity index (χ1v) is 11.0. The van der Waals surface area contributed by atoms with Crippen LogP contribution in [0.25, 0.3) is 5.57 Å². The molecule has 0 saturated carbocycles. The van der Waals surface area contributed by atoms with Gasteiger partial charge in [-0.05, 0) is 53.1 Å². The first kappa shape index (κ1) is 21.4. The number of benzene rings is 3. The topological polar surface area (TPSA) is 83.5 Å². The molecule has 33 heavy (non-hydrogen) atoms. The quantitative estimate of drug-likeness (QED) is 0.504. The molecule has 1 aliphatic heterocycles. The molecule has 5 rings (SSSR count). The van der Waals surface area contributed by atoms with Crippen LogP contribution in [-0.4, -0.2) is 22.8 Å².